The van der Waals surface area contributed by atoms with E-state index in [2.05, 4.69) is 15.3 Å². The van der Waals surface area contributed by atoms with Gasteiger partial charge in [0.25, 0.3) is 0 Å². The molecule has 0 fully saturated rings. The minimum absolute atomic E-state index is 0.463. The van der Waals surface area contributed by atoms with Crippen molar-refractivity contribution in [2.24, 2.45) is 0 Å². The summed E-state index contributed by atoms with van der Waals surface area (Å²) in [6.45, 7) is 1.36. The summed E-state index contributed by atoms with van der Waals surface area (Å²) in [5, 5.41) is 3.03. The molecule has 1 heterocycles. The Labute approximate surface area is 71.0 Å². The van der Waals surface area contributed by atoms with E-state index in [-0.39, 0.29) is 0 Å². The Morgan fingerprint density at radius 1 is 1.58 bits per heavy atom. The smallest absolute Gasteiger partial charge is 0.131 e. The summed E-state index contributed by atoms with van der Waals surface area (Å²) in [6.07, 6.45) is 1.42. The molecule has 1 aromatic heterocycles. The van der Waals surface area contributed by atoms with Gasteiger partial charge in [0, 0.05) is 19.7 Å². The second kappa shape index (κ2) is 4.50. The highest BCUT2D eigenvalue weighted by atomic mass is 16.5. The van der Waals surface area contributed by atoms with E-state index in [1.54, 1.807) is 13.2 Å². The number of nitrogens with two attached hydrogens (primary N) is 1. The Morgan fingerprint density at radius 2 is 2.42 bits per heavy atom. The summed E-state index contributed by atoms with van der Waals surface area (Å²) in [5.74, 6) is 1.18. The third-order valence-electron chi connectivity index (χ3n) is 1.30. The van der Waals surface area contributed by atoms with E-state index in [0.717, 1.165) is 5.82 Å². The maximum absolute atomic E-state index is 5.44. The SMILES string of the molecule is COCCNc1cc(N)ncn1. The van der Waals surface area contributed by atoms with Crippen LogP contribution in [0.2, 0.25) is 0 Å². The van der Waals surface area contributed by atoms with Crippen LogP contribution in [0.5, 0.6) is 0 Å². The number of nitrogens with one attached hydrogen (secondary N) is 1. The van der Waals surface area contributed by atoms with Crippen LogP contribution in [0.3, 0.4) is 0 Å². The van der Waals surface area contributed by atoms with Crippen LogP contribution in [0.25, 0.3) is 0 Å². The molecule has 0 saturated carbocycles. The lowest BCUT2D eigenvalue weighted by molar-refractivity contribution is 0.210. The van der Waals surface area contributed by atoms with Crippen LogP contribution in [-0.2, 0) is 4.74 Å². The molecule has 5 heteroatoms. The molecule has 5 nitrogen and oxygen atoms in total. The van der Waals surface area contributed by atoms with Gasteiger partial charge in [-0.05, 0) is 0 Å². The van der Waals surface area contributed by atoms with Crippen LogP contribution < -0.4 is 11.1 Å². The van der Waals surface area contributed by atoms with E-state index in [4.69, 9.17) is 10.5 Å². The standard InChI is InChI=1S/C7H12N4O/c1-12-3-2-9-7-4-6(8)10-5-11-7/h4-5H,2-3H2,1H3,(H3,8,9,10,11). The number of nitrogens with zero attached hydrogens (tertiary/aromatic N) is 2. The molecule has 0 aliphatic heterocycles. The normalized spacial score (nSPS) is 9.75. The van der Waals surface area contributed by atoms with Crippen molar-refractivity contribution in [1.29, 1.82) is 0 Å². The molecule has 1 aromatic rings. The summed E-state index contributed by atoms with van der Waals surface area (Å²) < 4.78 is 4.86. The lowest BCUT2D eigenvalue weighted by atomic mass is 10.5. The molecule has 12 heavy (non-hydrogen) atoms. The molecule has 3 N–H and O–H groups in total. The molecule has 0 aliphatic rings. The van der Waals surface area contributed by atoms with Gasteiger partial charge in [0.2, 0.25) is 0 Å². The van der Waals surface area contributed by atoms with Crippen LogP contribution in [0.4, 0.5) is 11.6 Å². The zero-order valence-electron chi connectivity index (χ0n) is 6.95. The Bertz CT molecular complexity index is 241. The van der Waals surface area contributed by atoms with Crippen molar-refractivity contribution in [3.8, 4) is 0 Å². The van der Waals surface area contributed by atoms with Crippen LogP contribution in [0.1, 0.15) is 0 Å². The molecule has 0 saturated heterocycles. The fourth-order valence-corrected chi connectivity index (χ4v) is 0.750. The largest absolute Gasteiger partial charge is 0.384 e. The highest BCUT2D eigenvalue weighted by Crippen LogP contribution is 2.03. The second-order valence-electron chi connectivity index (χ2n) is 2.25. The lowest BCUT2D eigenvalue weighted by Gasteiger charge is -2.03. The van der Waals surface area contributed by atoms with Crippen molar-refractivity contribution in [3.63, 3.8) is 0 Å². The molecule has 66 valence electrons. The average molecular weight is 168 g/mol. The summed E-state index contributed by atoms with van der Waals surface area (Å²) in [7, 11) is 1.65. The van der Waals surface area contributed by atoms with Crippen molar-refractivity contribution in [1.82, 2.24) is 9.97 Å². The molecule has 0 radical (unpaired) electrons. The van der Waals surface area contributed by atoms with Gasteiger partial charge in [0.15, 0.2) is 0 Å². The van der Waals surface area contributed by atoms with Crippen molar-refractivity contribution in [2.45, 2.75) is 0 Å². The van der Waals surface area contributed by atoms with Gasteiger partial charge in [-0.25, -0.2) is 9.97 Å². The summed E-state index contributed by atoms with van der Waals surface area (Å²) >= 11 is 0. The van der Waals surface area contributed by atoms with Crippen LogP contribution in [-0.4, -0.2) is 30.2 Å². The first-order chi connectivity index (χ1) is 5.83. The van der Waals surface area contributed by atoms with Gasteiger partial charge in [-0.2, -0.15) is 0 Å². The third-order valence-corrected chi connectivity index (χ3v) is 1.30. The fourth-order valence-electron chi connectivity index (χ4n) is 0.750. The number of hydrogen-bond acceptors (Lipinski definition) is 5. The Hall–Kier alpha value is -1.36. The molecule has 0 bridgehead atoms. The summed E-state index contributed by atoms with van der Waals surface area (Å²) in [6, 6.07) is 1.68. The van der Waals surface area contributed by atoms with Crippen LogP contribution >= 0.6 is 0 Å². The van der Waals surface area contributed by atoms with E-state index in [1.807, 2.05) is 0 Å². The number of aromatic nitrogens is 2. The molecule has 0 spiro atoms. The first-order valence-electron chi connectivity index (χ1n) is 3.63. The lowest BCUT2D eigenvalue weighted by Crippen LogP contribution is -2.09. The highest BCUT2D eigenvalue weighted by Gasteiger charge is 1.92. The van der Waals surface area contributed by atoms with Crippen molar-refractivity contribution >= 4 is 11.6 Å². The van der Waals surface area contributed by atoms with Crippen LogP contribution in [0, 0.1) is 0 Å². The molecule has 0 atom stereocenters. The molecular formula is C7H12N4O. The van der Waals surface area contributed by atoms with Gasteiger partial charge in [-0.15, -0.1) is 0 Å². The number of hydrogen-bond donors (Lipinski definition) is 2. The van der Waals surface area contributed by atoms with E-state index >= 15 is 0 Å². The minimum Gasteiger partial charge on any atom is -0.384 e. The Kier molecular flexibility index (Phi) is 3.28. The molecule has 0 amide bonds. The number of rotatable bonds is 4. The van der Waals surface area contributed by atoms with Gasteiger partial charge < -0.3 is 15.8 Å². The van der Waals surface area contributed by atoms with Crippen LogP contribution in [0.15, 0.2) is 12.4 Å². The molecular weight excluding hydrogens is 156 g/mol. The Morgan fingerprint density at radius 3 is 3.08 bits per heavy atom. The van der Waals surface area contributed by atoms with Crippen molar-refractivity contribution in [2.75, 3.05) is 31.3 Å². The average Bonchev–Trinajstić information content (AvgIpc) is 2.05. The summed E-state index contributed by atoms with van der Waals surface area (Å²) in [4.78, 5) is 7.72. The van der Waals surface area contributed by atoms with Gasteiger partial charge in [0.05, 0.1) is 6.61 Å². The quantitative estimate of drug-likeness (QED) is 0.624. The second-order valence-corrected chi connectivity index (χ2v) is 2.25. The van der Waals surface area contributed by atoms with Gasteiger partial charge >= 0.3 is 0 Å². The number of methoxy groups -OCH3 is 1. The van der Waals surface area contributed by atoms with Crippen molar-refractivity contribution in [3.05, 3.63) is 12.4 Å². The van der Waals surface area contributed by atoms with Gasteiger partial charge in [-0.1, -0.05) is 0 Å². The van der Waals surface area contributed by atoms with Gasteiger partial charge in [0.1, 0.15) is 18.0 Å². The van der Waals surface area contributed by atoms with E-state index < -0.39 is 0 Å². The van der Waals surface area contributed by atoms with Crippen molar-refractivity contribution < 1.29 is 4.74 Å². The predicted octanol–water partition coefficient (Wildman–Crippen LogP) is 0.117. The zero-order valence-corrected chi connectivity index (χ0v) is 6.95. The van der Waals surface area contributed by atoms with E-state index in [1.165, 1.54) is 6.33 Å². The maximum atomic E-state index is 5.44. The zero-order chi connectivity index (χ0) is 8.81. The third kappa shape index (κ3) is 2.71. The minimum atomic E-state index is 0.463. The molecule has 0 unspecified atom stereocenters. The highest BCUT2D eigenvalue weighted by molar-refractivity contribution is 5.42. The van der Waals surface area contributed by atoms with E-state index in [0.29, 0.717) is 19.0 Å². The predicted molar refractivity (Wildman–Crippen MR) is 46.8 cm³/mol. The maximum Gasteiger partial charge on any atom is 0.131 e. The molecule has 0 aromatic carbocycles. The number of nitrogen functional groups attached to an aromatic ring is 1. The van der Waals surface area contributed by atoms with E-state index in [9.17, 15) is 0 Å². The van der Waals surface area contributed by atoms with Gasteiger partial charge in [-0.3, -0.25) is 0 Å². The molecule has 0 aliphatic carbocycles. The Balaban J connectivity index is 2.41. The number of anilines is 2. The fraction of sp³-hybridized carbons (Fsp3) is 0.429. The number of ether oxygens (including phenoxy) is 1. The molecule has 1 rings (SSSR count). The topological polar surface area (TPSA) is 73.1 Å². The monoisotopic (exact) mass is 168 g/mol. The summed E-state index contributed by atoms with van der Waals surface area (Å²) in [5.41, 5.74) is 5.44. The first-order valence-corrected chi connectivity index (χ1v) is 3.63. The first kappa shape index (κ1) is 8.73.